The van der Waals surface area contributed by atoms with Gasteiger partial charge in [0.2, 0.25) is 0 Å². The topological polar surface area (TPSA) is 83.4 Å². The molecule has 5 nitrogen and oxygen atoms in total. The SMILES string of the molecule is Nc1ncc(-c2ccn[nH]2)[nH]1. The van der Waals surface area contributed by atoms with Crippen LogP contribution in [0, 0.1) is 0 Å². The Morgan fingerprint density at radius 1 is 1.36 bits per heavy atom. The summed E-state index contributed by atoms with van der Waals surface area (Å²) >= 11 is 0. The third kappa shape index (κ3) is 0.958. The number of H-pyrrole nitrogens is 2. The molecule has 0 amide bonds. The van der Waals surface area contributed by atoms with Crippen LogP contribution >= 0.6 is 0 Å². The lowest BCUT2D eigenvalue weighted by Gasteiger charge is -1.86. The first kappa shape index (κ1) is 5.96. The Kier molecular flexibility index (Phi) is 1.15. The molecule has 5 heteroatoms. The van der Waals surface area contributed by atoms with Crippen LogP contribution in [0.3, 0.4) is 0 Å². The van der Waals surface area contributed by atoms with Crippen LogP contribution in [-0.4, -0.2) is 20.2 Å². The zero-order valence-corrected chi connectivity index (χ0v) is 5.70. The molecule has 11 heavy (non-hydrogen) atoms. The van der Waals surface area contributed by atoms with Crippen LogP contribution < -0.4 is 5.73 Å². The van der Waals surface area contributed by atoms with E-state index in [9.17, 15) is 0 Å². The van der Waals surface area contributed by atoms with Crippen LogP contribution in [0.25, 0.3) is 11.4 Å². The summed E-state index contributed by atoms with van der Waals surface area (Å²) in [4.78, 5) is 6.72. The van der Waals surface area contributed by atoms with Gasteiger partial charge in [0.25, 0.3) is 0 Å². The number of anilines is 1. The minimum atomic E-state index is 0.412. The monoisotopic (exact) mass is 149 g/mol. The minimum Gasteiger partial charge on any atom is -0.369 e. The first-order chi connectivity index (χ1) is 5.36. The Bertz CT molecular complexity index is 333. The molecule has 0 fully saturated rings. The fraction of sp³-hybridized carbons (Fsp3) is 0. The molecule has 0 atom stereocenters. The molecule has 0 aliphatic carbocycles. The van der Waals surface area contributed by atoms with Gasteiger partial charge >= 0.3 is 0 Å². The van der Waals surface area contributed by atoms with E-state index in [1.165, 1.54) is 0 Å². The van der Waals surface area contributed by atoms with Crippen molar-refractivity contribution in [3.05, 3.63) is 18.5 Å². The second kappa shape index (κ2) is 2.12. The van der Waals surface area contributed by atoms with E-state index in [1.807, 2.05) is 6.07 Å². The van der Waals surface area contributed by atoms with Gasteiger partial charge in [-0.25, -0.2) is 4.98 Å². The van der Waals surface area contributed by atoms with E-state index in [4.69, 9.17) is 5.73 Å². The number of hydrogen-bond donors (Lipinski definition) is 3. The molecule has 0 saturated carbocycles. The number of nitrogen functional groups attached to an aromatic ring is 1. The predicted octanol–water partition coefficient (Wildman–Crippen LogP) is 0.382. The molecular weight excluding hydrogens is 142 g/mol. The van der Waals surface area contributed by atoms with Gasteiger partial charge in [-0.15, -0.1) is 0 Å². The largest absolute Gasteiger partial charge is 0.369 e. The van der Waals surface area contributed by atoms with E-state index >= 15 is 0 Å². The van der Waals surface area contributed by atoms with E-state index in [0.29, 0.717) is 5.95 Å². The Hall–Kier alpha value is -1.78. The summed E-state index contributed by atoms with van der Waals surface area (Å²) < 4.78 is 0. The van der Waals surface area contributed by atoms with E-state index in [-0.39, 0.29) is 0 Å². The number of nitrogens with one attached hydrogen (secondary N) is 2. The van der Waals surface area contributed by atoms with Crippen molar-refractivity contribution in [3.8, 4) is 11.4 Å². The van der Waals surface area contributed by atoms with Gasteiger partial charge in [0.1, 0.15) is 0 Å². The fourth-order valence-electron chi connectivity index (χ4n) is 0.879. The molecule has 2 rings (SSSR count). The Morgan fingerprint density at radius 2 is 2.27 bits per heavy atom. The van der Waals surface area contributed by atoms with Crippen LogP contribution in [0.15, 0.2) is 18.5 Å². The second-order valence-electron chi connectivity index (χ2n) is 2.15. The van der Waals surface area contributed by atoms with Crippen LogP contribution in [0.2, 0.25) is 0 Å². The Balaban J connectivity index is 2.45. The van der Waals surface area contributed by atoms with Gasteiger partial charge < -0.3 is 10.7 Å². The summed E-state index contributed by atoms with van der Waals surface area (Å²) in [5.74, 6) is 0.412. The van der Waals surface area contributed by atoms with Crippen molar-refractivity contribution < 1.29 is 0 Å². The quantitative estimate of drug-likeness (QED) is 0.548. The number of nitrogens with zero attached hydrogens (tertiary/aromatic N) is 2. The molecule has 2 aromatic heterocycles. The molecule has 0 aliphatic heterocycles. The van der Waals surface area contributed by atoms with Gasteiger partial charge in [0.15, 0.2) is 5.95 Å². The maximum atomic E-state index is 5.38. The third-order valence-corrected chi connectivity index (χ3v) is 1.39. The van der Waals surface area contributed by atoms with Crippen molar-refractivity contribution in [1.82, 2.24) is 20.2 Å². The summed E-state index contributed by atoms with van der Waals surface area (Å²) in [5.41, 5.74) is 7.11. The number of aromatic nitrogens is 4. The maximum absolute atomic E-state index is 5.38. The van der Waals surface area contributed by atoms with Gasteiger partial charge in [-0.2, -0.15) is 5.10 Å². The third-order valence-electron chi connectivity index (χ3n) is 1.39. The molecule has 56 valence electrons. The van der Waals surface area contributed by atoms with Crippen LogP contribution in [-0.2, 0) is 0 Å². The smallest absolute Gasteiger partial charge is 0.197 e. The summed E-state index contributed by atoms with van der Waals surface area (Å²) in [6.07, 6.45) is 3.33. The number of rotatable bonds is 1. The van der Waals surface area contributed by atoms with Crippen LogP contribution in [0.5, 0.6) is 0 Å². The Labute approximate surface area is 62.7 Å². The minimum absolute atomic E-state index is 0.412. The molecule has 0 aliphatic rings. The summed E-state index contributed by atoms with van der Waals surface area (Å²) in [6, 6.07) is 1.84. The second-order valence-corrected chi connectivity index (χ2v) is 2.15. The van der Waals surface area contributed by atoms with Crippen molar-refractivity contribution in [2.24, 2.45) is 0 Å². The molecule has 4 N–H and O–H groups in total. The number of nitrogens with two attached hydrogens (primary N) is 1. The highest BCUT2D eigenvalue weighted by atomic mass is 15.1. The van der Waals surface area contributed by atoms with Gasteiger partial charge in [-0.05, 0) is 6.07 Å². The molecule has 0 bridgehead atoms. The first-order valence-corrected chi connectivity index (χ1v) is 3.16. The lowest BCUT2D eigenvalue weighted by atomic mass is 10.3. The predicted molar refractivity (Wildman–Crippen MR) is 40.6 cm³/mol. The summed E-state index contributed by atoms with van der Waals surface area (Å²) in [7, 11) is 0. The van der Waals surface area contributed by atoms with Crippen molar-refractivity contribution in [2.45, 2.75) is 0 Å². The van der Waals surface area contributed by atoms with Crippen LogP contribution in [0.1, 0.15) is 0 Å². The highest BCUT2D eigenvalue weighted by Crippen LogP contribution is 2.12. The number of imidazole rings is 1. The van der Waals surface area contributed by atoms with Crippen molar-refractivity contribution in [2.75, 3.05) is 5.73 Å². The molecule has 0 unspecified atom stereocenters. The van der Waals surface area contributed by atoms with Crippen molar-refractivity contribution in [1.29, 1.82) is 0 Å². The molecule has 0 spiro atoms. The average molecular weight is 149 g/mol. The van der Waals surface area contributed by atoms with E-state index < -0.39 is 0 Å². The first-order valence-electron chi connectivity index (χ1n) is 3.16. The molecule has 0 aromatic carbocycles. The number of hydrogen-bond acceptors (Lipinski definition) is 3. The lowest BCUT2D eigenvalue weighted by Crippen LogP contribution is -1.85. The zero-order valence-electron chi connectivity index (χ0n) is 5.70. The van der Waals surface area contributed by atoms with Gasteiger partial charge in [-0.3, -0.25) is 5.10 Å². The highest BCUT2D eigenvalue weighted by molar-refractivity contribution is 5.53. The van der Waals surface area contributed by atoms with Crippen LogP contribution in [0.4, 0.5) is 5.95 Å². The van der Waals surface area contributed by atoms with Gasteiger partial charge in [-0.1, -0.05) is 0 Å². The van der Waals surface area contributed by atoms with E-state index in [1.54, 1.807) is 12.4 Å². The summed E-state index contributed by atoms with van der Waals surface area (Å²) in [5, 5.41) is 6.58. The maximum Gasteiger partial charge on any atom is 0.197 e. The number of aromatic amines is 2. The lowest BCUT2D eigenvalue weighted by molar-refractivity contribution is 1.09. The fourth-order valence-corrected chi connectivity index (χ4v) is 0.879. The molecular formula is C6H7N5. The zero-order chi connectivity index (χ0) is 7.68. The molecule has 0 radical (unpaired) electrons. The molecule has 2 aromatic rings. The Morgan fingerprint density at radius 3 is 2.82 bits per heavy atom. The van der Waals surface area contributed by atoms with E-state index in [2.05, 4.69) is 20.2 Å². The van der Waals surface area contributed by atoms with Gasteiger partial charge in [0, 0.05) is 6.20 Å². The highest BCUT2D eigenvalue weighted by Gasteiger charge is 2.00. The standard InChI is InChI=1S/C6H7N5/c7-6-8-3-5(10-6)4-1-2-9-11-4/h1-3H,(H,9,11)(H3,7,8,10). The normalized spacial score (nSPS) is 10.2. The van der Waals surface area contributed by atoms with Gasteiger partial charge in [0.05, 0.1) is 17.6 Å². The average Bonchev–Trinajstić information content (AvgIpc) is 2.55. The van der Waals surface area contributed by atoms with Crippen molar-refractivity contribution >= 4 is 5.95 Å². The van der Waals surface area contributed by atoms with E-state index in [0.717, 1.165) is 11.4 Å². The summed E-state index contributed by atoms with van der Waals surface area (Å²) in [6.45, 7) is 0. The van der Waals surface area contributed by atoms with Crippen molar-refractivity contribution in [3.63, 3.8) is 0 Å². The molecule has 0 saturated heterocycles. The molecule has 2 heterocycles.